The molecule has 40 nitrogen and oxygen atoms in total. The summed E-state index contributed by atoms with van der Waals surface area (Å²) in [6.07, 6.45) is 3.24. The second-order valence-electron chi connectivity index (χ2n) is 33.0. The molecular weight excluding hydrogens is 1710 g/mol. The molecule has 0 aliphatic carbocycles. The molecular formula is C84H134N20O20S3. The lowest BCUT2D eigenvalue weighted by Crippen LogP contribution is -2.62. The second kappa shape index (κ2) is 57.1. The van der Waals surface area contributed by atoms with Gasteiger partial charge < -0.3 is 117 Å². The number of H-pyrrole nitrogens is 1. The predicted octanol–water partition coefficient (Wildman–Crippen LogP) is -1.06. The molecule has 0 aliphatic rings. The first kappa shape index (κ1) is 110. The van der Waals surface area contributed by atoms with E-state index in [4.69, 9.17) is 17.2 Å². The Morgan fingerprint density at radius 2 is 0.858 bits per heavy atom. The minimum absolute atomic E-state index is 0.0138. The number of aliphatic imine (C=N–C) groups is 1. The first-order valence-corrected chi connectivity index (χ1v) is 45.8. The number of aliphatic hydroxyl groups is 1. The molecule has 0 fully saturated rings. The first-order valence-electron chi connectivity index (χ1n) is 42.4. The zero-order chi connectivity index (χ0) is 95.5. The van der Waals surface area contributed by atoms with Crippen molar-refractivity contribution in [3.8, 4) is 5.75 Å². The van der Waals surface area contributed by atoms with E-state index in [-0.39, 0.29) is 106 Å². The van der Waals surface area contributed by atoms with Crippen molar-refractivity contribution in [2.24, 2.45) is 51.8 Å². The molecule has 25 N–H and O–H groups in total. The summed E-state index contributed by atoms with van der Waals surface area (Å²) in [5, 5.41) is 77.3. The largest absolute Gasteiger partial charge is 0.508 e. The quantitative estimate of drug-likeness (QED) is 0.0139. The molecule has 0 unspecified atom stereocenters. The van der Waals surface area contributed by atoms with Gasteiger partial charge in [-0.2, -0.15) is 36.2 Å². The van der Waals surface area contributed by atoms with Crippen LogP contribution in [0.1, 0.15) is 164 Å². The van der Waals surface area contributed by atoms with Crippen LogP contribution in [0.15, 0.2) is 72.1 Å². The second-order valence-corrected chi connectivity index (χ2v) is 35.3. The molecule has 0 saturated carbocycles. The Morgan fingerprint density at radius 1 is 0.457 bits per heavy atom. The Labute approximate surface area is 755 Å². The minimum atomic E-state index is -1.71. The van der Waals surface area contributed by atoms with Gasteiger partial charge in [-0.1, -0.05) is 118 Å². The maximum atomic E-state index is 15.2. The first-order chi connectivity index (χ1) is 59.8. The van der Waals surface area contributed by atoms with Gasteiger partial charge in [-0.15, -0.1) is 0 Å². The monoisotopic (exact) mass is 1840 g/mol. The number of nitrogens with zero attached hydrogens (tertiary/aromatic N) is 2. The number of hydrogen-bond donors (Lipinski definition) is 23. The number of phenolic OH excluding ortho intramolecular Hbond substituents is 1. The summed E-state index contributed by atoms with van der Waals surface area (Å²) < 4.78 is 0. The van der Waals surface area contributed by atoms with Crippen LogP contribution in [0.4, 0.5) is 0 Å². The molecule has 43 heteroatoms. The molecule has 0 aliphatic heterocycles. The zero-order valence-corrected chi connectivity index (χ0v) is 77.2. The summed E-state index contributed by atoms with van der Waals surface area (Å²) in [6, 6.07) is -7.35. The predicted molar refractivity (Wildman–Crippen MR) is 484 cm³/mol. The summed E-state index contributed by atoms with van der Waals surface area (Å²) in [7, 11) is 0. The van der Waals surface area contributed by atoms with Gasteiger partial charge in [-0.25, -0.2) is 9.78 Å². The van der Waals surface area contributed by atoms with E-state index in [9.17, 15) is 82.8 Å². The number of guanidine groups is 1. The number of benzene rings is 2. The molecule has 0 saturated heterocycles. The highest BCUT2D eigenvalue weighted by molar-refractivity contribution is 7.98. The van der Waals surface area contributed by atoms with Gasteiger partial charge in [0, 0.05) is 49.9 Å². The molecule has 2 aromatic carbocycles. The average molecular weight is 1840 g/mol. The Hall–Kier alpha value is -10.8. The van der Waals surface area contributed by atoms with Crippen molar-refractivity contribution < 1.29 is 97.1 Å². The highest BCUT2D eigenvalue weighted by Gasteiger charge is 2.41. The van der Waals surface area contributed by atoms with E-state index < -0.39 is 216 Å². The number of carboxylic acids is 2. The van der Waals surface area contributed by atoms with Crippen LogP contribution >= 0.6 is 36.2 Å². The third-order valence-corrected chi connectivity index (χ3v) is 21.9. The number of aliphatic hydroxyl groups excluding tert-OH is 1. The van der Waals surface area contributed by atoms with Gasteiger partial charge in [-0.3, -0.25) is 76.9 Å². The van der Waals surface area contributed by atoms with Crippen LogP contribution in [0, 0.1) is 29.6 Å². The average Bonchev–Trinajstić information content (AvgIpc) is 1.01. The number of aromatic nitrogens is 2. The lowest BCUT2D eigenvalue weighted by atomic mass is 9.95. The standard InChI is InChI=1S/C84H134N20O20S3/c1-15-47(10)67(103-78(118)60(36-45(6)7)95-71(111)55(22-19-31-89-84(86)87)92-69(109)48(11)91-73(113)63(39-52-40-88-42-90-52)100-82(122)68(49(12)105)104-79(119)64(41-125)101-70(110)54(85)29-32-126-13)81(121)99-58(34-43(2)3)74(114)97-62(38-51-23-25-53(106)26-24-51)76(116)98-61(37-50-20-17-16-18-21-50)75(115)96-59(35-44(4)5)77(117)102-66(46(8)9)80(120)93-56(27-28-65(107)108)72(112)94-57(83(123)124)30-33-127-14/h16-18,20-21,23-26,40,42-49,54-64,66-68,105-106,125H,15,19,22,27-39,41,85H2,1-14H3,(H,88,90)(H,91,113)(H,92,109)(H,93,120)(H,94,112)(H,95,111)(H,96,115)(H,97,114)(H,98,116)(H,99,121)(H,100,122)(H,101,110)(H,102,117)(H,103,118)(H,104,119)(H,107,108)(H,123,124)(H4,86,87,89)/t47-,48-,49+,54-,55-,56-,57-,58-,59-,60-,61-,62-,63-,64-,66-,67-,68-/m0/s1. The summed E-state index contributed by atoms with van der Waals surface area (Å²) in [4.78, 5) is 236. The number of carboxylic acid groups (broad SMARTS) is 2. The smallest absolute Gasteiger partial charge is 0.326 e. The third-order valence-electron chi connectivity index (χ3n) is 20.3. The highest BCUT2D eigenvalue weighted by atomic mass is 32.2. The van der Waals surface area contributed by atoms with Crippen LogP contribution in [0.3, 0.4) is 0 Å². The normalized spacial score (nSPS) is 15.3. The fourth-order valence-corrected chi connectivity index (χ4v) is 14.2. The third kappa shape index (κ3) is 40.8. The van der Waals surface area contributed by atoms with Crippen molar-refractivity contribution in [2.45, 2.75) is 263 Å². The van der Waals surface area contributed by atoms with Crippen molar-refractivity contribution >= 4 is 137 Å². The van der Waals surface area contributed by atoms with Gasteiger partial charge in [0.05, 0.1) is 18.5 Å². The van der Waals surface area contributed by atoms with Crippen molar-refractivity contribution in [3.63, 3.8) is 0 Å². The van der Waals surface area contributed by atoms with E-state index in [1.165, 1.54) is 74.2 Å². The number of aromatic hydroxyl groups is 1. The number of nitrogens with two attached hydrogens (primary N) is 3. The van der Waals surface area contributed by atoms with Crippen LogP contribution in [0.5, 0.6) is 5.75 Å². The van der Waals surface area contributed by atoms with Crippen molar-refractivity contribution in [1.29, 1.82) is 0 Å². The van der Waals surface area contributed by atoms with Crippen LogP contribution in [-0.4, -0.2) is 264 Å². The van der Waals surface area contributed by atoms with Crippen molar-refractivity contribution in [2.75, 3.05) is 36.3 Å². The van der Waals surface area contributed by atoms with E-state index in [2.05, 4.69) is 102 Å². The van der Waals surface area contributed by atoms with Crippen LogP contribution in [-0.2, 0) is 96.0 Å². The van der Waals surface area contributed by atoms with Crippen LogP contribution < -0.4 is 91.6 Å². The lowest BCUT2D eigenvalue weighted by molar-refractivity contribution is -0.143. The molecule has 0 spiro atoms. The fourth-order valence-electron chi connectivity index (χ4n) is 12.9. The number of imidazole rings is 1. The van der Waals surface area contributed by atoms with Gasteiger partial charge in [-0.05, 0) is 142 Å². The summed E-state index contributed by atoms with van der Waals surface area (Å²) in [5.41, 5.74) is 18.5. The molecule has 3 rings (SSSR count). The van der Waals surface area contributed by atoms with Gasteiger partial charge in [0.1, 0.15) is 90.3 Å². The van der Waals surface area contributed by atoms with E-state index in [1.807, 2.05) is 6.26 Å². The van der Waals surface area contributed by atoms with Gasteiger partial charge in [0.25, 0.3) is 0 Å². The number of carbonyl (C=O) groups excluding carboxylic acids is 14. The molecule has 0 radical (unpaired) electrons. The SMILES string of the molecule is CC[C@H](C)[C@H](NC(=O)[C@H](CC(C)C)NC(=O)[C@H](CCCN=C(N)N)NC(=O)[C@H](C)NC(=O)[C@H](Cc1cnc[nH]1)NC(=O)[C@@H](NC(=O)[C@H](CS)NC(=O)[C@@H](N)CCSC)[C@@H](C)O)C(=O)N[C@@H](CC(C)C)C(=O)N[C@@H](Cc1ccc(O)cc1)C(=O)N[C@@H](Cc1ccccc1)C(=O)N[C@@H](CC(C)C)C(=O)N[C@H](C(=O)N[C@@H](CCC(=O)O)C(=O)N[C@@H](CCSC)C(=O)O)C(C)C. The number of carbonyl (C=O) groups is 16. The number of phenols is 1. The molecule has 14 amide bonds. The van der Waals surface area contributed by atoms with Gasteiger partial charge in [0.15, 0.2) is 5.96 Å². The molecule has 17 atom stereocenters. The number of nitrogens with one attached hydrogen (secondary N) is 15. The van der Waals surface area contributed by atoms with E-state index in [0.717, 1.165) is 0 Å². The van der Waals surface area contributed by atoms with Crippen LogP contribution in [0.2, 0.25) is 0 Å². The number of aromatic amines is 1. The fraction of sp³-hybridized carbons (Fsp3) is 0.619. The number of rotatable bonds is 59. The van der Waals surface area contributed by atoms with Gasteiger partial charge in [0.2, 0.25) is 82.7 Å². The molecule has 1 heterocycles. The highest BCUT2D eigenvalue weighted by Crippen LogP contribution is 2.19. The maximum absolute atomic E-state index is 15.2. The number of hydrogen-bond acceptors (Lipinski definition) is 24. The molecule has 0 bridgehead atoms. The Kier molecular flexibility index (Phi) is 49.6. The topological polar surface area (TPSA) is 642 Å². The molecule has 1 aromatic heterocycles. The molecule has 708 valence electrons. The number of amides is 14. The summed E-state index contributed by atoms with van der Waals surface area (Å²) >= 11 is 6.98. The van der Waals surface area contributed by atoms with E-state index in [1.54, 1.807) is 106 Å². The zero-order valence-electron chi connectivity index (χ0n) is 74.7. The van der Waals surface area contributed by atoms with E-state index in [0.29, 0.717) is 34.7 Å². The molecule has 127 heavy (non-hydrogen) atoms. The van der Waals surface area contributed by atoms with Crippen molar-refractivity contribution in [3.05, 3.63) is 83.9 Å². The number of aliphatic carboxylic acids is 2. The Balaban J connectivity index is 2.01. The van der Waals surface area contributed by atoms with Crippen molar-refractivity contribution in [1.82, 2.24) is 84.4 Å². The molecule has 3 aromatic rings. The minimum Gasteiger partial charge on any atom is -0.508 e. The number of thioether (sulfide) groups is 2. The van der Waals surface area contributed by atoms with E-state index >= 15 is 14.4 Å². The lowest BCUT2D eigenvalue weighted by Gasteiger charge is -2.31. The number of thiol groups is 1. The Morgan fingerprint density at radius 3 is 1.33 bits per heavy atom. The summed E-state index contributed by atoms with van der Waals surface area (Å²) in [6.45, 7) is 19.6. The van der Waals surface area contributed by atoms with Gasteiger partial charge >= 0.3 is 11.9 Å². The Bertz CT molecular complexity index is 4110. The van der Waals surface area contributed by atoms with Crippen LogP contribution in [0.25, 0.3) is 0 Å². The summed E-state index contributed by atoms with van der Waals surface area (Å²) in [5.74, 6) is -17.3. The maximum Gasteiger partial charge on any atom is 0.326 e.